The molecular weight excluding hydrogens is 456 g/mol. The number of hydrogen-bond acceptors (Lipinski definition) is 2. The Morgan fingerprint density at radius 2 is 0.865 bits per heavy atom. The van der Waals surface area contributed by atoms with Gasteiger partial charge in [0.05, 0.1) is 17.3 Å². The molecule has 4 nitrogen and oxygen atoms in total. The van der Waals surface area contributed by atoms with Gasteiger partial charge in [0.2, 0.25) is 11.6 Å². The highest BCUT2D eigenvalue weighted by Gasteiger charge is 2.29. The number of nitrogens with one attached hydrogen (secondary N) is 2. The minimum Gasteiger partial charge on any atom is -0.354 e. The number of benzene rings is 3. The van der Waals surface area contributed by atoms with Crippen molar-refractivity contribution in [1.82, 2.24) is 9.97 Å². The van der Waals surface area contributed by atoms with Gasteiger partial charge >= 0.3 is 0 Å². The normalized spacial score (nSPS) is 11.2. The zero-order valence-corrected chi connectivity index (χ0v) is 21.6. The number of carbonyl (C=O) groups excluding carboxylic acids is 2. The topological polar surface area (TPSA) is 65.7 Å². The van der Waals surface area contributed by atoms with Gasteiger partial charge < -0.3 is 9.97 Å². The van der Waals surface area contributed by atoms with Crippen LogP contribution < -0.4 is 0 Å². The molecule has 2 heterocycles. The number of rotatable bonds is 7. The smallest absolute Gasteiger partial charge is 0.209 e. The summed E-state index contributed by atoms with van der Waals surface area (Å²) in [4.78, 5) is 33.8. The van der Waals surface area contributed by atoms with Crippen LogP contribution in [0.3, 0.4) is 0 Å². The molecule has 0 spiro atoms. The van der Waals surface area contributed by atoms with Crippen molar-refractivity contribution in [1.29, 1.82) is 0 Å². The third-order valence-electron chi connectivity index (χ3n) is 7.44. The standard InChI is InChI=1S/C33H30N2O2/c1-20-22(3)30(32(36)25-16-10-6-11-17-25)34-28(20)27(24-14-8-5-9-15-24)29-21(2)23(4)31(35-29)33(37)26-18-12-7-13-19-26/h5-19,27,34-35H,1-4H3. The van der Waals surface area contributed by atoms with Crippen molar-refractivity contribution in [2.75, 3.05) is 0 Å². The van der Waals surface area contributed by atoms with Gasteiger partial charge in [-0.15, -0.1) is 0 Å². The molecule has 0 radical (unpaired) electrons. The van der Waals surface area contributed by atoms with E-state index in [9.17, 15) is 9.59 Å². The minimum absolute atomic E-state index is 0.0291. The van der Waals surface area contributed by atoms with Crippen LogP contribution in [0.1, 0.15) is 77.2 Å². The quantitative estimate of drug-likeness (QED) is 0.239. The molecule has 0 amide bonds. The molecule has 0 bridgehead atoms. The first-order chi connectivity index (χ1) is 17.9. The molecule has 0 aliphatic heterocycles. The zero-order chi connectivity index (χ0) is 26.1. The first-order valence-electron chi connectivity index (χ1n) is 12.5. The molecule has 0 aliphatic carbocycles. The van der Waals surface area contributed by atoms with E-state index in [0.717, 1.165) is 39.2 Å². The van der Waals surface area contributed by atoms with Gasteiger partial charge in [-0.1, -0.05) is 91.0 Å². The van der Waals surface area contributed by atoms with Crippen LogP contribution in [0.2, 0.25) is 0 Å². The number of carbonyl (C=O) groups is 2. The highest BCUT2D eigenvalue weighted by Crippen LogP contribution is 2.38. The van der Waals surface area contributed by atoms with Gasteiger partial charge in [0, 0.05) is 22.5 Å². The molecule has 0 aliphatic rings. The fourth-order valence-corrected chi connectivity index (χ4v) is 5.05. The predicted molar refractivity (Wildman–Crippen MR) is 148 cm³/mol. The van der Waals surface area contributed by atoms with E-state index in [2.05, 4.69) is 35.9 Å². The second kappa shape index (κ2) is 9.90. The van der Waals surface area contributed by atoms with E-state index in [1.807, 2.05) is 92.7 Å². The van der Waals surface area contributed by atoms with Crippen molar-refractivity contribution < 1.29 is 9.59 Å². The lowest BCUT2D eigenvalue weighted by Crippen LogP contribution is -2.09. The van der Waals surface area contributed by atoms with Crippen molar-refractivity contribution in [2.45, 2.75) is 33.6 Å². The largest absolute Gasteiger partial charge is 0.354 e. The molecule has 0 saturated carbocycles. The predicted octanol–water partition coefficient (Wildman–Crippen LogP) is 7.22. The van der Waals surface area contributed by atoms with E-state index in [1.54, 1.807) is 0 Å². The Morgan fingerprint density at radius 3 is 1.24 bits per heavy atom. The van der Waals surface area contributed by atoms with E-state index in [4.69, 9.17) is 0 Å². The Bertz CT molecular complexity index is 1470. The van der Waals surface area contributed by atoms with Crippen LogP contribution in [0.15, 0.2) is 91.0 Å². The van der Waals surface area contributed by atoms with Crippen molar-refractivity contribution >= 4 is 11.6 Å². The lowest BCUT2D eigenvalue weighted by molar-refractivity contribution is 0.102. The lowest BCUT2D eigenvalue weighted by Gasteiger charge is -2.18. The monoisotopic (exact) mass is 486 g/mol. The minimum atomic E-state index is -0.201. The molecule has 3 aromatic carbocycles. The molecule has 2 N–H and O–H groups in total. The summed E-state index contributed by atoms with van der Waals surface area (Å²) < 4.78 is 0. The molecule has 0 saturated heterocycles. The number of H-pyrrole nitrogens is 2. The summed E-state index contributed by atoms with van der Waals surface area (Å²) in [7, 11) is 0. The molecule has 2 aromatic heterocycles. The Morgan fingerprint density at radius 1 is 0.514 bits per heavy atom. The molecular formula is C33H30N2O2. The van der Waals surface area contributed by atoms with Crippen molar-refractivity contribution in [3.05, 3.63) is 153 Å². The first-order valence-corrected chi connectivity index (χ1v) is 12.5. The molecule has 0 atom stereocenters. The van der Waals surface area contributed by atoms with Crippen molar-refractivity contribution in [2.24, 2.45) is 0 Å². The molecule has 184 valence electrons. The first kappa shape index (κ1) is 24.3. The number of aromatic nitrogens is 2. The molecule has 5 rings (SSSR count). The van der Waals surface area contributed by atoms with Crippen LogP contribution in [0.25, 0.3) is 0 Å². The van der Waals surface area contributed by atoms with Crippen LogP contribution in [0.5, 0.6) is 0 Å². The van der Waals surface area contributed by atoms with Gasteiger partial charge in [-0.2, -0.15) is 0 Å². The summed E-state index contributed by atoms with van der Waals surface area (Å²) in [5.41, 5.74) is 9.42. The van der Waals surface area contributed by atoms with Gasteiger partial charge in [-0.05, 0) is 55.5 Å². The lowest BCUT2D eigenvalue weighted by atomic mass is 9.88. The molecule has 37 heavy (non-hydrogen) atoms. The number of aromatic amines is 2. The van der Waals surface area contributed by atoms with E-state index in [-0.39, 0.29) is 17.5 Å². The third-order valence-corrected chi connectivity index (χ3v) is 7.44. The fraction of sp³-hybridized carbons (Fsp3) is 0.152. The SMILES string of the molecule is Cc1c(C(=O)c2ccccc2)[nH]c(C(c2ccccc2)c2[nH]c(C(=O)c3ccccc3)c(C)c2C)c1C. The average molecular weight is 487 g/mol. The molecule has 0 fully saturated rings. The maximum absolute atomic E-state index is 13.4. The summed E-state index contributed by atoms with van der Waals surface area (Å²) in [5.74, 6) is -0.259. The van der Waals surface area contributed by atoms with E-state index in [0.29, 0.717) is 22.5 Å². The summed E-state index contributed by atoms with van der Waals surface area (Å²) in [6, 6.07) is 28.9. The third kappa shape index (κ3) is 4.36. The van der Waals surface area contributed by atoms with Gasteiger partial charge in [0.1, 0.15) is 0 Å². The van der Waals surface area contributed by atoms with E-state index < -0.39 is 0 Å². The number of hydrogen-bond donors (Lipinski definition) is 2. The van der Waals surface area contributed by atoms with Gasteiger partial charge in [-0.3, -0.25) is 9.59 Å². The van der Waals surface area contributed by atoms with Gasteiger partial charge in [0.15, 0.2) is 0 Å². The summed E-state index contributed by atoms with van der Waals surface area (Å²) >= 11 is 0. The summed E-state index contributed by atoms with van der Waals surface area (Å²) in [5, 5.41) is 0. The van der Waals surface area contributed by atoms with Crippen molar-refractivity contribution in [3.63, 3.8) is 0 Å². The molecule has 4 heteroatoms. The van der Waals surface area contributed by atoms with E-state index in [1.165, 1.54) is 0 Å². The maximum atomic E-state index is 13.4. The fourth-order valence-electron chi connectivity index (χ4n) is 5.05. The Balaban J connectivity index is 1.67. The Labute approximate surface area is 217 Å². The highest BCUT2D eigenvalue weighted by atomic mass is 16.1. The van der Waals surface area contributed by atoms with E-state index >= 15 is 0 Å². The van der Waals surface area contributed by atoms with Crippen LogP contribution in [0, 0.1) is 27.7 Å². The van der Waals surface area contributed by atoms with Gasteiger partial charge in [0.25, 0.3) is 0 Å². The summed E-state index contributed by atoms with van der Waals surface area (Å²) in [6.07, 6.45) is 0. The van der Waals surface area contributed by atoms with Crippen molar-refractivity contribution in [3.8, 4) is 0 Å². The summed E-state index contributed by atoms with van der Waals surface area (Å²) in [6.45, 7) is 8.09. The second-order valence-electron chi connectivity index (χ2n) is 9.56. The highest BCUT2D eigenvalue weighted by molar-refractivity contribution is 6.09. The molecule has 5 aromatic rings. The average Bonchev–Trinajstić information content (AvgIpc) is 3.40. The maximum Gasteiger partial charge on any atom is 0.209 e. The molecule has 0 unspecified atom stereocenters. The van der Waals surface area contributed by atoms with Crippen LogP contribution in [-0.2, 0) is 0 Å². The Kier molecular flexibility index (Phi) is 6.49. The zero-order valence-electron chi connectivity index (χ0n) is 21.6. The van der Waals surface area contributed by atoms with Crippen LogP contribution in [0.4, 0.5) is 0 Å². The van der Waals surface area contributed by atoms with Crippen LogP contribution in [-0.4, -0.2) is 21.5 Å². The van der Waals surface area contributed by atoms with Crippen LogP contribution >= 0.6 is 0 Å². The van der Waals surface area contributed by atoms with Gasteiger partial charge in [-0.25, -0.2) is 0 Å². The second-order valence-corrected chi connectivity index (χ2v) is 9.56. The Hall–Kier alpha value is -4.44. The number of ketones is 2.